The van der Waals surface area contributed by atoms with Crippen LogP contribution in [0.5, 0.6) is 0 Å². The molecule has 10 heteroatoms. The first-order chi connectivity index (χ1) is 23.2. The van der Waals surface area contributed by atoms with Gasteiger partial charge in [-0.05, 0) is 98.0 Å². The number of hydrogen-bond acceptors (Lipinski definition) is 8. The van der Waals surface area contributed by atoms with Gasteiger partial charge in [-0.15, -0.1) is 0 Å². The average Bonchev–Trinajstić information content (AvgIpc) is 3.07. The summed E-state index contributed by atoms with van der Waals surface area (Å²) >= 11 is 6.97. The second-order valence-corrected chi connectivity index (χ2v) is 12.4. The zero-order chi connectivity index (χ0) is 34.2. The molecule has 48 heavy (non-hydrogen) atoms. The molecule has 0 saturated heterocycles. The Bertz CT molecular complexity index is 1810. The van der Waals surface area contributed by atoms with Crippen LogP contribution in [0.2, 0.25) is 5.02 Å². The van der Waals surface area contributed by atoms with E-state index in [0.717, 1.165) is 71.3 Å². The number of anilines is 1. The van der Waals surface area contributed by atoms with Gasteiger partial charge in [-0.25, -0.2) is 4.98 Å². The van der Waals surface area contributed by atoms with Crippen molar-refractivity contribution >= 4 is 34.9 Å². The van der Waals surface area contributed by atoms with Crippen molar-refractivity contribution in [3.63, 3.8) is 0 Å². The van der Waals surface area contributed by atoms with Crippen molar-refractivity contribution < 1.29 is 24.2 Å². The van der Waals surface area contributed by atoms with E-state index >= 15 is 0 Å². The molecule has 1 amide bonds. The molecule has 0 bridgehead atoms. The second kappa shape index (κ2) is 16.1. The summed E-state index contributed by atoms with van der Waals surface area (Å²) in [7, 11) is 0. The lowest BCUT2D eigenvalue weighted by Gasteiger charge is -2.28. The van der Waals surface area contributed by atoms with E-state index < -0.39 is 0 Å². The number of ether oxygens (including phenoxy) is 1. The monoisotopic (exact) mass is 668 g/mol. The average molecular weight is 669 g/mol. The normalized spacial score (nSPS) is 12.8. The lowest BCUT2D eigenvalue weighted by molar-refractivity contribution is -0.144. The molecule has 0 saturated carbocycles. The van der Waals surface area contributed by atoms with E-state index in [-0.39, 0.29) is 37.2 Å². The van der Waals surface area contributed by atoms with Crippen LogP contribution in [0.1, 0.15) is 74.3 Å². The number of carbonyl (C=O) groups excluding carboxylic acids is 3. The number of aliphatic hydroxyl groups is 1. The molecule has 3 heterocycles. The highest BCUT2D eigenvalue weighted by atomic mass is 35.5. The predicted octanol–water partition coefficient (Wildman–Crippen LogP) is 6.33. The zero-order valence-electron chi connectivity index (χ0n) is 27.6. The number of rotatable bonds is 13. The van der Waals surface area contributed by atoms with Crippen molar-refractivity contribution in [2.45, 2.75) is 59.4 Å². The van der Waals surface area contributed by atoms with Gasteiger partial charge in [-0.2, -0.15) is 0 Å². The Morgan fingerprint density at radius 2 is 1.81 bits per heavy atom. The quantitative estimate of drug-likeness (QED) is 0.0964. The Hall–Kier alpha value is -4.44. The van der Waals surface area contributed by atoms with Crippen LogP contribution < -0.4 is 5.32 Å². The first-order valence-corrected chi connectivity index (χ1v) is 16.7. The van der Waals surface area contributed by atoms with Gasteiger partial charge in [0.15, 0.2) is 5.78 Å². The lowest BCUT2D eigenvalue weighted by atomic mass is 9.94. The van der Waals surface area contributed by atoms with Crippen molar-refractivity contribution in [1.82, 2.24) is 14.9 Å². The van der Waals surface area contributed by atoms with Crippen molar-refractivity contribution in [3.05, 3.63) is 111 Å². The van der Waals surface area contributed by atoms with Gasteiger partial charge in [-0.3, -0.25) is 24.3 Å². The second-order valence-electron chi connectivity index (χ2n) is 12.1. The van der Waals surface area contributed by atoms with E-state index in [1.165, 1.54) is 0 Å². The first kappa shape index (κ1) is 34.9. The molecule has 5 rings (SSSR count). The van der Waals surface area contributed by atoms with Crippen LogP contribution in [0.15, 0.2) is 60.8 Å². The van der Waals surface area contributed by atoms with Crippen LogP contribution in [0.3, 0.4) is 0 Å². The van der Waals surface area contributed by atoms with Gasteiger partial charge < -0.3 is 15.2 Å². The molecule has 1 aliphatic heterocycles. The molecule has 0 unspecified atom stereocenters. The third-order valence-corrected chi connectivity index (χ3v) is 9.11. The third-order valence-electron chi connectivity index (χ3n) is 8.66. The smallest absolute Gasteiger partial charge is 0.320 e. The number of benzene rings is 2. The van der Waals surface area contributed by atoms with E-state index in [2.05, 4.69) is 10.3 Å². The molecular formula is C38H41ClN4O5. The molecule has 2 N–H and O–H groups in total. The lowest BCUT2D eigenvalue weighted by Crippen LogP contribution is -2.36. The molecule has 0 radical (unpaired) electrons. The summed E-state index contributed by atoms with van der Waals surface area (Å²) in [6.07, 6.45) is 4.90. The summed E-state index contributed by atoms with van der Waals surface area (Å²) in [5, 5.41) is 12.4. The zero-order valence-corrected chi connectivity index (χ0v) is 28.4. The number of amides is 1. The molecule has 0 spiro atoms. The van der Waals surface area contributed by atoms with Crippen LogP contribution in [-0.2, 0) is 35.3 Å². The fourth-order valence-corrected chi connectivity index (χ4v) is 6.34. The molecule has 9 nitrogen and oxygen atoms in total. The summed E-state index contributed by atoms with van der Waals surface area (Å²) in [5.74, 6) is -0.734. The van der Waals surface area contributed by atoms with Crippen LogP contribution >= 0.6 is 11.6 Å². The minimum absolute atomic E-state index is 0.0710. The number of nitrogens with zero attached hydrogens (tertiary/aromatic N) is 3. The molecule has 2 aromatic heterocycles. The maximum Gasteiger partial charge on any atom is 0.320 e. The number of esters is 1. The van der Waals surface area contributed by atoms with Gasteiger partial charge in [0, 0.05) is 43.6 Å². The van der Waals surface area contributed by atoms with Crippen LogP contribution in [0, 0.1) is 13.8 Å². The van der Waals surface area contributed by atoms with E-state index in [4.69, 9.17) is 26.4 Å². The number of aryl methyl sites for hydroxylation is 2. The number of hydrogen-bond donors (Lipinski definition) is 2. The summed E-state index contributed by atoms with van der Waals surface area (Å²) in [6, 6.07) is 16.7. The Kier molecular flexibility index (Phi) is 11.7. The molecule has 250 valence electrons. The number of aromatic nitrogens is 2. The topological polar surface area (TPSA) is 122 Å². The van der Waals surface area contributed by atoms with Gasteiger partial charge in [-0.1, -0.05) is 48.0 Å². The van der Waals surface area contributed by atoms with E-state index in [1.807, 2.05) is 67.3 Å². The van der Waals surface area contributed by atoms with Gasteiger partial charge in [0.05, 0.1) is 23.9 Å². The van der Waals surface area contributed by atoms with Crippen LogP contribution in [0.4, 0.5) is 5.69 Å². The Morgan fingerprint density at radius 3 is 2.56 bits per heavy atom. The third kappa shape index (κ3) is 8.34. The number of pyridine rings is 2. The molecule has 4 aromatic rings. The van der Waals surface area contributed by atoms with Crippen molar-refractivity contribution in [2.24, 2.45) is 0 Å². The van der Waals surface area contributed by atoms with Gasteiger partial charge in [0.25, 0.3) is 5.91 Å². The number of nitrogens with one attached hydrogen (secondary N) is 1. The van der Waals surface area contributed by atoms with Crippen molar-refractivity contribution in [3.8, 4) is 11.1 Å². The fraction of sp³-hybridized carbons (Fsp3) is 0.342. The van der Waals surface area contributed by atoms with E-state index in [9.17, 15) is 14.4 Å². The summed E-state index contributed by atoms with van der Waals surface area (Å²) in [6.45, 7) is 7.59. The standard InChI is InChI=1S/C38H41ClN4O5/c1-4-48-36(46)23-43-17-16-28-24(2)19-33(41-34(28)22-43)35(45)20-27-10-7-12-30(37(27)39)29-11-8-13-31(25(29)3)42-38(47)32-15-14-26(21-40-32)9-5-6-18-44/h7-8,10-15,19,21,44H,4-6,9,16-18,20,22-23H2,1-3H3,(H,42,47). The highest BCUT2D eigenvalue weighted by Crippen LogP contribution is 2.36. The van der Waals surface area contributed by atoms with Gasteiger partial charge in [0.2, 0.25) is 0 Å². The first-order valence-electron chi connectivity index (χ1n) is 16.3. The molecule has 1 aliphatic rings. The van der Waals surface area contributed by atoms with E-state index in [1.54, 1.807) is 19.2 Å². The number of Topliss-reactive ketones (excluding diaryl/α,β-unsaturated/α-hetero) is 1. The summed E-state index contributed by atoms with van der Waals surface area (Å²) < 4.78 is 5.11. The summed E-state index contributed by atoms with van der Waals surface area (Å²) in [5.41, 5.74) is 8.38. The minimum atomic E-state index is -0.320. The van der Waals surface area contributed by atoms with Crippen LogP contribution in [0.25, 0.3) is 11.1 Å². The van der Waals surface area contributed by atoms with Gasteiger partial charge in [0.1, 0.15) is 11.4 Å². The maximum atomic E-state index is 13.6. The number of fused-ring (bicyclic) bond motifs is 1. The predicted molar refractivity (Wildman–Crippen MR) is 186 cm³/mol. The number of unbranched alkanes of at least 4 members (excludes halogenated alkanes) is 1. The fourth-order valence-electron chi connectivity index (χ4n) is 6.05. The van der Waals surface area contributed by atoms with Crippen LogP contribution in [-0.4, -0.2) is 63.9 Å². The molecule has 2 aromatic carbocycles. The Labute approximate surface area is 286 Å². The number of ketones is 1. The van der Waals surface area contributed by atoms with Crippen molar-refractivity contribution in [1.29, 1.82) is 0 Å². The van der Waals surface area contributed by atoms with Gasteiger partial charge >= 0.3 is 5.97 Å². The number of carbonyl (C=O) groups is 3. The summed E-state index contributed by atoms with van der Waals surface area (Å²) in [4.78, 5) is 49.8. The molecule has 0 fully saturated rings. The van der Waals surface area contributed by atoms with Crippen molar-refractivity contribution in [2.75, 3.05) is 31.6 Å². The molecule has 0 atom stereocenters. The molecule has 0 aliphatic carbocycles. The highest BCUT2D eigenvalue weighted by molar-refractivity contribution is 6.34. The maximum absolute atomic E-state index is 13.6. The Balaban J connectivity index is 1.31. The molecular weight excluding hydrogens is 628 g/mol. The number of halogens is 1. The Morgan fingerprint density at radius 1 is 1.02 bits per heavy atom. The SMILES string of the molecule is CCOC(=O)CN1CCc2c(C)cc(C(=O)Cc3cccc(-c4cccc(NC(=O)c5ccc(CCCCO)cn5)c4C)c3Cl)nc2C1. The minimum Gasteiger partial charge on any atom is -0.465 e. The largest absolute Gasteiger partial charge is 0.465 e. The number of aliphatic hydroxyl groups excluding tert-OH is 1. The highest BCUT2D eigenvalue weighted by Gasteiger charge is 2.24. The van der Waals surface area contributed by atoms with E-state index in [0.29, 0.717) is 40.8 Å².